The highest BCUT2D eigenvalue weighted by atomic mass is 79.9. The summed E-state index contributed by atoms with van der Waals surface area (Å²) >= 11 is 3.47. The van der Waals surface area contributed by atoms with Crippen LogP contribution in [0.2, 0.25) is 0 Å². The number of anilines is 1. The zero-order chi connectivity index (χ0) is 15.3. The maximum absolute atomic E-state index is 12.4. The number of carbonyl (C=O) groups is 1. The topological polar surface area (TPSA) is 51.2 Å². The molecule has 0 fully saturated rings. The average Bonchev–Trinajstić information content (AvgIpc) is 2.50. The van der Waals surface area contributed by atoms with Gasteiger partial charge in [0.1, 0.15) is 0 Å². The molecule has 0 aliphatic heterocycles. The number of carbonyl (C=O) groups excluding carboxylic acids is 1. The minimum atomic E-state index is -1.05. The summed E-state index contributed by atoms with van der Waals surface area (Å²) < 4.78 is 6.09. The van der Waals surface area contributed by atoms with Gasteiger partial charge in [-0.2, -0.15) is 0 Å². The van der Waals surface area contributed by atoms with E-state index in [-0.39, 0.29) is 5.97 Å². The number of aromatic nitrogens is 1. The molecule has 0 radical (unpaired) electrons. The molecule has 0 amide bonds. The van der Waals surface area contributed by atoms with Gasteiger partial charge in [-0.15, -0.1) is 0 Å². The second-order valence-corrected chi connectivity index (χ2v) is 5.52. The number of benzene rings is 1. The van der Waals surface area contributed by atoms with Gasteiger partial charge in [0, 0.05) is 16.4 Å². The standard InChI is InChI=1S/C16H17BrN2O2/c1-3-21-15(20)16(2,14-10-6-7-11-18-14)19-13-9-5-4-8-12(13)17/h4-11,19H,3H2,1-2H3. The largest absolute Gasteiger partial charge is 0.464 e. The monoisotopic (exact) mass is 348 g/mol. The first-order valence-corrected chi connectivity index (χ1v) is 7.48. The SMILES string of the molecule is CCOC(=O)C(C)(Nc1ccccc1Br)c1ccccn1. The van der Waals surface area contributed by atoms with Gasteiger partial charge in [0.05, 0.1) is 12.3 Å². The molecule has 1 atom stereocenters. The lowest BCUT2D eigenvalue weighted by atomic mass is 9.96. The molecule has 1 N–H and O–H groups in total. The molecular formula is C16H17BrN2O2. The Hall–Kier alpha value is -1.88. The van der Waals surface area contributed by atoms with Crippen LogP contribution in [0.25, 0.3) is 0 Å². The van der Waals surface area contributed by atoms with Crippen molar-refractivity contribution in [3.63, 3.8) is 0 Å². The molecular weight excluding hydrogens is 332 g/mol. The molecule has 0 spiro atoms. The van der Waals surface area contributed by atoms with Crippen LogP contribution in [0.3, 0.4) is 0 Å². The number of rotatable bonds is 5. The average molecular weight is 349 g/mol. The normalized spacial score (nSPS) is 13.3. The van der Waals surface area contributed by atoms with Crippen molar-refractivity contribution < 1.29 is 9.53 Å². The second kappa shape index (κ2) is 6.72. The van der Waals surface area contributed by atoms with Gasteiger partial charge in [0.2, 0.25) is 0 Å². The Bertz CT molecular complexity index is 619. The van der Waals surface area contributed by atoms with Crippen molar-refractivity contribution in [3.05, 3.63) is 58.8 Å². The van der Waals surface area contributed by atoms with Crippen LogP contribution in [-0.4, -0.2) is 17.6 Å². The van der Waals surface area contributed by atoms with E-state index in [1.165, 1.54) is 0 Å². The predicted octanol–water partition coefficient (Wildman–Crippen LogP) is 3.73. The molecule has 0 saturated carbocycles. The van der Waals surface area contributed by atoms with Gasteiger partial charge in [0.15, 0.2) is 5.54 Å². The van der Waals surface area contributed by atoms with Crippen molar-refractivity contribution in [2.45, 2.75) is 19.4 Å². The molecule has 1 aromatic heterocycles. The van der Waals surface area contributed by atoms with E-state index in [1.54, 1.807) is 26.1 Å². The first-order chi connectivity index (χ1) is 10.1. The van der Waals surface area contributed by atoms with Crippen molar-refractivity contribution in [3.8, 4) is 0 Å². The number of nitrogens with one attached hydrogen (secondary N) is 1. The van der Waals surface area contributed by atoms with E-state index in [4.69, 9.17) is 4.74 Å². The van der Waals surface area contributed by atoms with Crippen LogP contribution < -0.4 is 5.32 Å². The number of esters is 1. The minimum absolute atomic E-state index is 0.318. The molecule has 1 unspecified atom stereocenters. The molecule has 110 valence electrons. The molecule has 0 aliphatic carbocycles. The summed E-state index contributed by atoms with van der Waals surface area (Å²) in [5.41, 5.74) is 0.360. The highest BCUT2D eigenvalue weighted by Gasteiger charge is 2.38. The molecule has 0 saturated heterocycles. The first-order valence-electron chi connectivity index (χ1n) is 6.69. The summed E-state index contributed by atoms with van der Waals surface area (Å²) in [4.78, 5) is 16.7. The van der Waals surface area contributed by atoms with Crippen molar-refractivity contribution in [1.29, 1.82) is 0 Å². The van der Waals surface area contributed by atoms with E-state index in [1.807, 2.05) is 36.4 Å². The van der Waals surface area contributed by atoms with E-state index < -0.39 is 5.54 Å². The van der Waals surface area contributed by atoms with Gasteiger partial charge in [-0.05, 0) is 54.0 Å². The van der Waals surface area contributed by atoms with E-state index in [2.05, 4.69) is 26.2 Å². The molecule has 1 aromatic carbocycles. The van der Waals surface area contributed by atoms with Crippen molar-refractivity contribution in [1.82, 2.24) is 4.98 Å². The number of ether oxygens (including phenoxy) is 1. The Balaban J connectivity index is 2.42. The number of pyridine rings is 1. The van der Waals surface area contributed by atoms with E-state index in [9.17, 15) is 4.79 Å². The van der Waals surface area contributed by atoms with Gasteiger partial charge in [-0.1, -0.05) is 18.2 Å². The first kappa shape index (κ1) is 15.5. The van der Waals surface area contributed by atoms with E-state index in [0.717, 1.165) is 10.2 Å². The Morgan fingerprint density at radius 2 is 2.00 bits per heavy atom. The maximum Gasteiger partial charge on any atom is 0.337 e. The molecule has 0 bridgehead atoms. The van der Waals surface area contributed by atoms with Crippen molar-refractivity contribution in [2.75, 3.05) is 11.9 Å². The second-order valence-electron chi connectivity index (χ2n) is 4.67. The third-order valence-electron chi connectivity index (χ3n) is 3.12. The van der Waals surface area contributed by atoms with Crippen LogP contribution >= 0.6 is 15.9 Å². The van der Waals surface area contributed by atoms with E-state index >= 15 is 0 Å². The summed E-state index contributed by atoms with van der Waals surface area (Å²) in [7, 11) is 0. The number of nitrogens with zero attached hydrogens (tertiary/aromatic N) is 1. The Morgan fingerprint density at radius 3 is 2.62 bits per heavy atom. The lowest BCUT2D eigenvalue weighted by Crippen LogP contribution is -2.42. The Morgan fingerprint density at radius 1 is 1.29 bits per heavy atom. The third kappa shape index (κ3) is 3.42. The fourth-order valence-electron chi connectivity index (χ4n) is 1.99. The third-order valence-corrected chi connectivity index (χ3v) is 3.81. The predicted molar refractivity (Wildman–Crippen MR) is 86.0 cm³/mol. The fourth-order valence-corrected chi connectivity index (χ4v) is 2.37. The van der Waals surface area contributed by atoms with E-state index in [0.29, 0.717) is 12.3 Å². The van der Waals surface area contributed by atoms with Gasteiger partial charge in [-0.3, -0.25) is 4.98 Å². The van der Waals surface area contributed by atoms with Crippen LogP contribution in [0.15, 0.2) is 53.1 Å². The van der Waals surface area contributed by atoms with Crippen LogP contribution in [0.1, 0.15) is 19.5 Å². The van der Waals surface area contributed by atoms with Gasteiger partial charge >= 0.3 is 5.97 Å². The molecule has 21 heavy (non-hydrogen) atoms. The minimum Gasteiger partial charge on any atom is -0.464 e. The zero-order valence-electron chi connectivity index (χ0n) is 12.0. The molecule has 1 heterocycles. The van der Waals surface area contributed by atoms with Gasteiger partial charge in [0.25, 0.3) is 0 Å². The van der Waals surface area contributed by atoms with Crippen LogP contribution in [-0.2, 0) is 15.1 Å². The fraction of sp³-hybridized carbons (Fsp3) is 0.250. The molecule has 4 nitrogen and oxygen atoms in total. The van der Waals surface area contributed by atoms with Gasteiger partial charge < -0.3 is 10.1 Å². The summed E-state index contributed by atoms with van der Waals surface area (Å²) in [5, 5.41) is 3.24. The number of halogens is 1. The lowest BCUT2D eigenvalue weighted by Gasteiger charge is -2.29. The Labute approximate surface area is 132 Å². The molecule has 2 rings (SSSR count). The van der Waals surface area contributed by atoms with Crippen LogP contribution in [0, 0.1) is 0 Å². The number of hydrogen-bond acceptors (Lipinski definition) is 4. The summed E-state index contributed by atoms with van der Waals surface area (Å²) in [6.45, 7) is 3.88. The quantitative estimate of drug-likeness (QED) is 0.836. The lowest BCUT2D eigenvalue weighted by molar-refractivity contribution is -0.148. The van der Waals surface area contributed by atoms with Crippen molar-refractivity contribution in [2.24, 2.45) is 0 Å². The molecule has 2 aromatic rings. The summed E-state index contributed by atoms with van der Waals surface area (Å²) in [5.74, 6) is -0.362. The number of hydrogen-bond donors (Lipinski definition) is 1. The van der Waals surface area contributed by atoms with Gasteiger partial charge in [-0.25, -0.2) is 4.79 Å². The highest BCUT2D eigenvalue weighted by Crippen LogP contribution is 2.30. The summed E-state index contributed by atoms with van der Waals surface area (Å²) in [6, 6.07) is 13.1. The smallest absolute Gasteiger partial charge is 0.337 e. The number of para-hydroxylation sites is 1. The van der Waals surface area contributed by atoms with Crippen LogP contribution in [0.5, 0.6) is 0 Å². The zero-order valence-corrected chi connectivity index (χ0v) is 13.6. The molecule has 0 aliphatic rings. The summed E-state index contributed by atoms with van der Waals surface area (Å²) in [6.07, 6.45) is 1.66. The van der Waals surface area contributed by atoms with Crippen molar-refractivity contribution >= 4 is 27.6 Å². The maximum atomic E-state index is 12.4. The van der Waals surface area contributed by atoms with Crippen LogP contribution in [0.4, 0.5) is 5.69 Å². The highest BCUT2D eigenvalue weighted by molar-refractivity contribution is 9.10. The Kier molecular flexibility index (Phi) is 4.96. The molecule has 5 heteroatoms.